The maximum absolute atomic E-state index is 12.0. The predicted octanol–water partition coefficient (Wildman–Crippen LogP) is 2.08. The first-order chi connectivity index (χ1) is 9.09. The van der Waals surface area contributed by atoms with Gasteiger partial charge in [0.25, 0.3) is 5.91 Å². The Morgan fingerprint density at radius 2 is 2.05 bits per heavy atom. The molecule has 1 amide bonds. The first kappa shape index (κ1) is 13.0. The molecule has 0 atom stereocenters. The average Bonchev–Trinajstić information content (AvgIpc) is 2.39. The molecule has 0 saturated carbocycles. The van der Waals surface area contributed by atoms with Gasteiger partial charge in [-0.1, -0.05) is 11.6 Å². The van der Waals surface area contributed by atoms with E-state index in [0.29, 0.717) is 0 Å². The zero-order chi connectivity index (χ0) is 13.8. The minimum Gasteiger partial charge on any atom is -0.476 e. The number of carbonyl (C=O) groups excluding carboxylic acids is 1. The number of aromatic nitrogens is 2. The number of carboxylic acid groups (broad SMARTS) is 1. The first-order valence-corrected chi connectivity index (χ1v) is 5.56. The van der Waals surface area contributed by atoms with Gasteiger partial charge in [0, 0.05) is 18.6 Å². The summed E-state index contributed by atoms with van der Waals surface area (Å²) in [6.45, 7) is 0. The van der Waals surface area contributed by atoms with Crippen LogP contribution in [-0.4, -0.2) is 27.0 Å². The molecule has 2 rings (SSSR count). The molecule has 19 heavy (non-hydrogen) atoms. The monoisotopic (exact) mass is 277 g/mol. The number of nitrogens with one attached hydrogen (secondary N) is 1. The molecule has 96 valence electrons. The second kappa shape index (κ2) is 5.45. The molecule has 0 aromatic carbocycles. The van der Waals surface area contributed by atoms with Gasteiger partial charge in [0.15, 0.2) is 5.69 Å². The lowest BCUT2D eigenvalue weighted by Crippen LogP contribution is -2.16. The Morgan fingerprint density at radius 1 is 1.26 bits per heavy atom. The van der Waals surface area contributed by atoms with Crippen molar-refractivity contribution < 1.29 is 14.7 Å². The molecule has 0 saturated heterocycles. The number of aromatic carboxylic acids is 1. The third-order valence-corrected chi connectivity index (χ3v) is 2.60. The fourth-order valence-electron chi connectivity index (χ4n) is 1.41. The van der Waals surface area contributed by atoms with E-state index in [1.807, 2.05) is 0 Å². The largest absolute Gasteiger partial charge is 0.476 e. The van der Waals surface area contributed by atoms with Crippen LogP contribution in [0, 0.1) is 0 Å². The van der Waals surface area contributed by atoms with Gasteiger partial charge < -0.3 is 10.4 Å². The molecule has 2 heterocycles. The number of amides is 1. The number of hydrogen-bond acceptors (Lipinski definition) is 4. The minimum absolute atomic E-state index is 0.0971. The van der Waals surface area contributed by atoms with Gasteiger partial charge in [-0.3, -0.25) is 9.78 Å². The molecule has 0 aliphatic carbocycles. The van der Waals surface area contributed by atoms with Crippen molar-refractivity contribution in [3.8, 4) is 0 Å². The van der Waals surface area contributed by atoms with Crippen molar-refractivity contribution in [1.82, 2.24) is 9.97 Å². The summed E-state index contributed by atoms with van der Waals surface area (Å²) in [6, 6.07) is 4.43. The van der Waals surface area contributed by atoms with E-state index in [2.05, 4.69) is 15.3 Å². The Bertz CT molecular complexity index is 646. The van der Waals surface area contributed by atoms with Gasteiger partial charge in [-0.15, -0.1) is 0 Å². The van der Waals surface area contributed by atoms with Crippen LogP contribution in [0.3, 0.4) is 0 Å². The van der Waals surface area contributed by atoms with Crippen molar-refractivity contribution in [3.05, 3.63) is 53.1 Å². The number of hydrogen-bond donors (Lipinski definition) is 2. The van der Waals surface area contributed by atoms with E-state index < -0.39 is 11.9 Å². The summed E-state index contributed by atoms with van der Waals surface area (Å²) in [5.74, 6) is -1.78. The number of nitrogens with zero attached hydrogens (tertiary/aromatic N) is 2. The normalized spacial score (nSPS) is 9.95. The smallest absolute Gasteiger partial charge is 0.356 e. The molecule has 6 nitrogen and oxygen atoms in total. The summed E-state index contributed by atoms with van der Waals surface area (Å²) in [6.07, 6.45) is 4.08. The quantitative estimate of drug-likeness (QED) is 0.896. The van der Waals surface area contributed by atoms with Crippen LogP contribution in [-0.2, 0) is 0 Å². The Labute approximate surface area is 113 Å². The second-order valence-corrected chi connectivity index (χ2v) is 3.92. The summed E-state index contributed by atoms with van der Waals surface area (Å²) in [5, 5.41) is 11.6. The molecule has 0 fully saturated rings. The van der Waals surface area contributed by atoms with E-state index in [-0.39, 0.29) is 22.0 Å². The van der Waals surface area contributed by atoms with Crippen molar-refractivity contribution in [3.63, 3.8) is 0 Å². The summed E-state index contributed by atoms with van der Waals surface area (Å²) < 4.78 is 0. The second-order valence-electron chi connectivity index (χ2n) is 3.51. The van der Waals surface area contributed by atoms with Gasteiger partial charge in [0.05, 0.1) is 16.3 Å². The molecule has 0 spiro atoms. The lowest BCUT2D eigenvalue weighted by Gasteiger charge is -2.07. The molecule has 0 bridgehead atoms. The molecule has 7 heteroatoms. The van der Waals surface area contributed by atoms with E-state index in [4.69, 9.17) is 16.7 Å². The van der Waals surface area contributed by atoms with Crippen LogP contribution in [0.25, 0.3) is 0 Å². The molecule has 2 N–H and O–H groups in total. The lowest BCUT2D eigenvalue weighted by atomic mass is 10.2. The van der Waals surface area contributed by atoms with Crippen molar-refractivity contribution in [2.75, 3.05) is 5.32 Å². The topological polar surface area (TPSA) is 92.2 Å². The minimum atomic E-state index is -1.23. The van der Waals surface area contributed by atoms with E-state index in [1.54, 1.807) is 0 Å². The lowest BCUT2D eigenvalue weighted by molar-refractivity contribution is 0.0692. The van der Waals surface area contributed by atoms with Gasteiger partial charge in [-0.25, -0.2) is 9.78 Å². The summed E-state index contributed by atoms with van der Waals surface area (Å²) >= 11 is 5.85. The fourth-order valence-corrected chi connectivity index (χ4v) is 1.60. The van der Waals surface area contributed by atoms with Crippen LogP contribution >= 0.6 is 11.6 Å². The van der Waals surface area contributed by atoms with Gasteiger partial charge in [-0.05, 0) is 18.2 Å². The maximum atomic E-state index is 12.0. The van der Waals surface area contributed by atoms with Crippen molar-refractivity contribution >= 4 is 29.2 Å². The molecular formula is C12H8ClN3O3. The summed E-state index contributed by atoms with van der Waals surface area (Å²) in [4.78, 5) is 30.4. The van der Waals surface area contributed by atoms with Crippen LogP contribution in [0.2, 0.25) is 5.02 Å². The number of carboxylic acids is 1. The first-order valence-electron chi connectivity index (χ1n) is 5.19. The number of pyridine rings is 2. The number of carbonyl (C=O) groups is 2. The fraction of sp³-hybridized carbons (Fsp3) is 0. The number of rotatable bonds is 3. The third-order valence-electron chi connectivity index (χ3n) is 2.27. The van der Waals surface area contributed by atoms with E-state index in [9.17, 15) is 9.59 Å². The number of halogens is 1. The van der Waals surface area contributed by atoms with Crippen LogP contribution in [0.1, 0.15) is 20.8 Å². The van der Waals surface area contributed by atoms with Crippen molar-refractivity contribution in [2.24, 2.45) is 0 Å². The highest BCUT2D eigenvalue weighted by Crippen LogP contribution is 2.17. The van der Waals surface area contributed by atoms with Gasteiger partial charge >= 0.3 is 5.97 Å². The van der Waals surface area contributed by atoms with Crippen molar-refractivity contribution in [2.45, 2.75) is 0 Å². The maximum Gasteiger partial charge on any atom is 0.356 e. The van der Waals surface area contributed by atoms with Crippen LogP contribution in [0.4, 0.5) is 5.69 Å². The van der Waals surface area contributed by atoms with Gasteiger partial charge in [0.1, 0.15) is 0 Å². The third kappa shape index (κ3) is 2.86. The zero-order valence-corrected chi connectivity index (χ0v) is 10.3. The SMILES string of the molecule is O=C(Nc1cccnc1C(=O)O)c1cnccc1Cl. The molecule has 0 radical (unpaired) electrons. The van der Waals surface area contributed by atoms with E-state index in [1.165, 1.54) is 36.8 Å². The van der Waals surface area contributed by atoms with Gasteiger partial charge in [-0.2, -0.15) is 0 Å². The van der Waals surface area contributed by atoms with Crippen LogP contribution < -0.4 is 5.32 Å². The Balaban J connectivity index is 2.30. The molecule has 0 aliphatic heterocycles. The molecule has 2 aromatic rings. The summed E-state index contributed by atoms with van der Waals surface area (Å²) in [7, 11) is 0. The summed E-state index contributed by atoms with van der Waals surface area (Å²) in [5.41, 5.74) is 0.0140. The predicted molar refractivity (Wildman–Crippen MR) is 68.4 cm³/mol. The highest BCUT2D eigenvalue weighted by molar-refractivity contribution is 6.34. The van der Waals surface area contributed by atoms with E-state index >= 15 is 0 Å². The number of anilines is 1. The highest BCUT2D eigenvalue weighted by atomic mass is 35.5. The Morgan fingerprint density at radius 3 is 2.74 bits per heavy atom. The Kier molecular flexibility index (Phi) is 3.72. The average molecular weight is 278 g/mol. The van der Waals surface area contributed by atoms with Gasteiger partial charge in [0.2, 0.25) is 0 Å². The standard InChI is InChI=1S/C12H8ClN3O3/c13-8-3-5-14-6-7(8)11(17)16-9-2-1-4-15-10(9)12(18)19/h1-6H,(H,16,17)(H,18,19). The van der Waals surface area contributed by atoms with E-state index in [0.717, 1.165) is 0 Å². The Hall–Kier alpha value is -2.47. The molecule has 0 unspecified atom stereocenters. The van der Waals surface area contributed by atoms with Crippen molar-refractivity contribution in [1.29, 1.82) is 0 Å². The molecule has 2 aromatic heterocycles. The van der Waals surface area contributed by atoms with Crippen LogP contribution in [0.5, 0.6) is 0 Å². The zero-order valence-electron chi connectivity index (χ0n) is 9.50. The molecule has 0 aliphatic rings. The van der Waals surface area contributed by atoms with Crippen LogP contribution in [0.15, 0.2) is 36.8 Å². The highest BCUT2D eigenvalue weighted by Gasteiger charge is 2.16. The molecular weight excluding hydrogens is 270 g/mol.